The van der Waals surface area contributed by atoms with Gasteiger partial charge in [-0.2, -0.15) is 0 Å². The highest BCUT2D eigenvalue weighted by Crippen LogP contribution is 2.33. The van der Waals surface area contributed by atoms with Gasteiger partial charge in [0.15, 0.2) is 6.29 Å². The van der Waals surface area contributed by atoms with Gasteiger partial charge < -0.3 is 19.5 Å². The van der Waals surface area contributed by atoms with E-state index in [1.165, 1.54) is 11.1 Å². The van der Waals surface area contributed by atoms with Crippen LogP contribution < -0.4 is 10.1 Å². The molecule has 0 spiro atoms. The van der Waals surface area contributed by atoms with Crippen LogP contribution in [0.2, 0.25) is 0 Å². The van der Waals surface area contributed by atoms with E-state index in [2.05, 4.69) is 17.4 Å². The number of benzene rings is 1. The second-order valence-electron chi connectivity index (χ2n) is 4.90. The molecular formula is C16H25NO3. The third kappa shape index (κ3) is 3.72. The maximum atomic E-state index is 5.57. The van der Waals surface area contributed by atoms with Crippen molar-refractivity contribution in [2.45, 2.75) is 39.0 Å². The van der Waals surface area contributed by atoms with Gasteiger partial charge >= 0.3 is 0 Å². The molecule has 1 aromatic carbocycles. The molecule has 0 aromatic heterocycles. The van der Waals surface area contributed by atoms with Crippen molar-refractivity contribution in [1.82, 2.24) is 5.32 Å². The second kappa shape index (κ2) is 7.62. The number of ether oxygens (including phenoxy) is 3. The van der Waals surface area contributed by atoms with Crippen LogP contribution in [-0.4, -0.2) is 33.2 Å². The number of methoxy groups -OCH3 is 1. The number of fused-ring (bicyclic) bond motifs is 1. The predicted molar refractivity (Wildman–Crippen MR) is 79.1 cm³/mol. The zero-order valence-electron chi connectivity index (χ0n) is 12.6. The summed E-state index contributed by atoms with van der Waals surface area (Å²) in [4.78, 5) is 0. The van der Waals surface area contributed by atoms with Crippen molar-refractivity contribution >= 4 is 0 Å². The molecule has 0 saturated carbocycles. The highest BCUT2D eigenvalue weighted by atomic mass is 16.7. The minimum absolute atomic E-state index is 0.167. The Morgan fingerprint density at radius 3 is 2.65 bits per heavy atom. The maximum Gasteiger partial charge on any atom is 0.169 e. The van der Waals surface area contributed by atoms with E-state index in [0.29, 0.717) is 25.8 Å². The Morgan fingerprint density at radius 1 is 1.25 bits per heavy atom. The van der Waals surface area contributed by atoms with Crippen molar-refractivity contribution in [1.29, 1.82) is 0 Å². The normalized spacial score (nSPS) is 17.5. The van der Waals surface area contributed by atoms with Crippen LogP contribution in [0.25, 0.3) is 0 Å². The van der Waals surface area contributed by atoms with E-state index in [1.54, 1.807) is 7.11 Å². The summed E-state index contributed by atoms with van der Waals surface area (Å²) in [6.07, 6.45) is 2.07. The van der Waals surface area contributed by atoms with Crippen molar-refractivity contribution in [2.75, 3.05) is 26.9 Å². The summed E-state index contributed by atoms with van der Waals surface area (Å²) < 4.78 is 16.4. The highest BCUT2D eigenvalue weighted by Gasteiger charge is 2.23. The first-order valence-electron chi connectivity index (χ1n) is 7.41. The lowest BCUT2D eigenvalue weighted by Crippen LogP contribution is -2.33. The van der Waals surface area contributed by atoms with Crippen LogP contribution in [0.1, 0.15) is 37.4 Å². The fourth-order valence-electron chi connectivity index (χ4n) is 2.70. The summed E-state index contributed by atoms with van der Waals surface area (Å²) in [5.41, 5.74) is 2.75. The molecule has 1 N–H and O–H groups in total. The Labute approximate surface area is 121 Å². The third-order valence-electron chi connectivity index (χ3n) is 3.67. The van der Waals surface area contributed by atoms with Crippen LogP contribution in [0.5, 0.6) is 5.75 Å². The van der Waals surface area contributed by atoms with Gasteiger partial charge in [-0.05, 0) is 49.9 Å². The van der Waals surface area contributed by atoms with Crippen molar-refractivity contribution in [2.24, 2.45) is 0 Å². The number of rotatable bonds is 8. The smallest absolute Gasteiger partial charge is 0.169 e. The van der Waals surface area contributed by atoms with Crippen LogP contribution in [0, 0.1) is 0 Å². The molecule has 4 nitrogen and oxygen atoms in total. The largest absolute Gasteiger partial charge is 0.497 e. The molecule has 1 aromatic rings. The lowest BCUT2D eigenvalue weighted by Gasteiger charge is -2.21. The molecular weight excluding hydrogens is 254 g/mol. The van der Waals surface area contributed by atoms with Crippen LogP contribution in [-0.2, 0) is 15.9 Å². The van der Waals surface area contributed by atoms with E-state index in [1.807, 2.05) is 19.9 Å². The van der Waals surface area contributed by atoms with Crippen LogP contribution >= 0.6 is 0 Å². The van der Waals surface area contributed by atoms with E-state index < -0.39 is 0 Å². The average Bonchev–Trinajstić information content (AvgIpc) is 2.87. The average molecular weight is 279 g/mol. The number of nitrogens with one attached hydrogen (secondary N) is 1. The molecule has 0 aliphatic heterocycles. The van der Waals surface area contributed by atoms with E-state index in [9.17, 15) is 0 Å². The first kappa shape index (κ1) is 15.3. The van der Waals surface area contributed by atoms with Gasteiger partial charge in [0.2, 0.25) is 0 Å². The Bertz CT molecular complexity index is 416. The molecule has 0 heterocycles. The van der Waals surface area contributed by atoms with E-state index in [0.717, 1.165) is 18.6 Å². The first-order valence-corrected chi connectivity index (χ1v) is 7.41. The summed E-state index contributed by atoms with van der Waals surface area (Å²) in [6.45, 7) is 6.02. The predicted octanol–water partition coefficient (Wildman–Crippen LogP) is 2.67. The summed E-state index contributed by atoms with van der Waals surface area (Å²) in [5.74, 6) is 0.920. The molecule has 4 heteroatoms. The first-order chi connectivity index (χ1) is 9.78. The molecule has 0 radical (unpaired) electrons. The van der Waals surface area contributed by atoms with Gasteiger partial charge in [-0.1, -0.05) is 6.07 Å². The van der Waals surface area contributed by atoms with Gasteiger partial charge in [0, 0.05) is 25.8 Å². The molecule has 0 saturated heterocycles. The summed E-state index contributed by atoms with van der Waals surface area (Å²) >= 11 is 0. The van der Waals surface area contributed by atoms with Crippen molar-refractivity contribution in [3.05, 3.63) is 29.3 Å². The second-order valence-corrected chi connectivity index (χ2v) is 4.90. The molecule has 1 aliphatic carbocycles. The molecule has 112 valence electrons. The highest BCUT2D eigenvalue weighted by molar-refractivity contribution is 5.40. The van der Waals surface area contributed by atoms with Crippen molar-refractivity contribution < 1.29 is 14.2 Å². The van der Waals surface area contributed by atoms with Crippen molar-refractivity contribution in [3.8, 4) is 5.75 Å². The molecule has 1 atom stereocenters. The zero-order valence-corrected chi connectivity index (χ0v) is 12.6. The Hall–Kier alpha value is -1.10. The molecule has 20 heavy (non-hydrogen) atoms. The minimum atomic E-state index is -0.167. The van der Waals surface area contributed by atoms with Gasteiger partial charge in [0.05, 0.1) is 7.11 Å². The van der Waals surface area contributed by atoms with E-state index in [-0.39, 0.29) is 6.29 Å². The third-order valence-corrected chi connectivity index (χ3v) is 3.67. The fourth-order valence-corrected chi connectivity index (χ4v) is 2.70. The minimum Gasteiger partial charge on any atom is -0.497 e. The summed E-state index contributed by atoms with van der Waals surface area (Å²) in [6, 6.07) is 6.70. The van der Waals surface area contributed by atoms with Gasteiger partial charge in [-0.15, -0.1) is 0 Å². The van der Waals surface area contributed by atoms with Gasteiger partial charge in [-0.25, -0.2) is 0 Å². The van der Waals surface area contributed by atoms with Gasteiger partial charge in [-0.3, -0.25) is 0 Å². The molecule has 1 unspecified atom stereocenters. The summed E-state index contributed by atoms with van der Waals surface area (Å²) in [5, 5.41) is 3.55. The van der Waals surface area contributed by atoms with Crippen molar-refractivity contribution in [3.63, 3.8) is 0 Å². The van der Waals surface area contributed by atoms with Gasteiger partial charge in [0.25, 0.3) is 0 Å². The SMILES string of the molecule is CCOC(CNC1CCc2ccc(OC)cc21)OCC. The molecule has 1 aliphatic rings. The Kier molecular flexibility index (Phi) is 5.83. The van der Waals surface area contributed by atoms with E-state index in [4.69, 9.17) is 14.2 Å². The Balaban J connectivity index is 1.95. The number of aryl methyl sites for hydroxylation is 1. The van der Waals surface area contributed by atoms with E-state index >= 15 is 0 Å². The topological polar surface area (TPSA) is 39.7 Å². The molecule has 0 fully saturated rings. The van der Waals surface area contributed by atoms with Crippen LogP contribution in [0.15, 0.2) is 18.2 Å². The van der Waals surface area contributed by atoms with Crippen LogP contribution in [0.4, 0.5) is 0 Å². The quantitative estimate of drug-likeness (QED) is 0.743. The lowest BCUT2D eigenvalue weighted by molar-refractivity contribution is -0.133. The maximum absolute atomic E-state index is 5.57. The monoisotopic (exact) mass is 279 g/mol. The standard InChI is InChI=1S/C16H25NO3/c1-4-19-16(20-5-2)11-17-15-9-7-12-6-8-13(18-3)10-14(12)15/h6,8,10,15-17H,4-5,7,9,11H2,1-3H3. The number of hydrogen-bond donors (Lipinski definition) is 1. The molecule has 0 amide bonds. The molecule has 0 bridgehead atoms. The molecule has 2 rings (SSSR count). The lowest BCUT2D eigenvalue weighted by atomic mass is 10.1. The number of hydrogen-bond acceptors (Lipinski definition) is 4. The fraction of sp³-hybridized carbons (Fsp3) is 0.625. The van der Waals surface area contributed by atoms with Crippen LogP contribution in [0.3, 0.4) is 0 Å². The van der Waals surface area contributed by atoms with Gasteiger partial charge in [0.1, 0.15) is 5.75 Å². The zero-order chi connectivity index (χ0) is 14.4. The Morgan fingerprint density at radius 2 is 2.00 bits per heavy atom. The summed E-state index contributed by atoms with van der Waals surface area (Å²) in [7, 11) is 1.71.